The molecule has 0 bridgehead atoms. The van der Waals surface area contributed by atoms with Gasteiger partial charge in [0.15, 0.2) is 0 Å². The normalized spacial score (nSPS) is 10.0. The number of hydrogen-bond donors (Lipinski definition) is 1. The van der Waals surface area contributed by atoms with Gasteiger partial charge in [0.2, 0.25) is 0 Å². The quantitative estimate of drug-likeness (QED) is 0.699. The molecule has 60 valence electrons. The van der Waals surface area contributed by atoms with E-state index in [1.807, 2.05) is 13.0 Å². The molecular weight excluding hydrogens is 136 g/mol. The maximum absolute atomic E-state index is 5.77. The van der Waals surface area contributed by atoms with E-state index in [2.05, 4.69) is 11.9 Å². The predicted octanol–water partition coefficient (Wildman–Crippen LogP) is 1.92. The molecule has 1 aromatic rings. The van der Waals surface area contributed by atoms with Crippen LogP contribution in [-0.4, -0.2) is 4.98 Å². The zero-order chi connectivity index (χ0) is 8.27. The van der Waals surface area contributed by atoms with Crippen molar-refractivity contribution in [2.24, 2.45) is 0 Å². The molecule has 0 aromatic carbocycles. The lowest BCUT2D eigenvalue weighted by molar-refractivity contribution is 0.902. The van der Waals surface area contributed by atoms with Crippen molar-refractivity contribution in [2.75, 3.05) is 5.73 Å². The summed E-state index contributed by atoms with van der Waals surface area (Å²) in [6, 6.07) is 1.86. The third-order valence-corrected chi connectivity index (χ3v) is 1.81. The van der Waals surface area contributed by atoms with Crippen molar-refractivity contribution < 1.29 is 0 Å². The van der Waals surface area contributed by atoms with Crippen molar-refractivity contribution in [3.05, 3.63) is 23.5 Å². The van der Waals surface area contributed by atoms with Gasteiger partial charge in [-0.05, 0) is 25.0 Å². The van der Waals surface area contributed by atoms with E-state index in [0.29, 0.717) is 0 Å². The molecule has 0 aliphatic carbocycles. The molecule has 11 heavy (non-hydrogen) atoms. The average Bonchev–Trinajstić information content (AvgIpc) is 1.97. The van der Waals surface area contributed by atoms with Crippen LogP contribution in [0.2, 0.25) is 0 Å². The number of anilines is 1. The molecule has 0 unspecified atom stereocenters. The summed E-state index contributed by atoms with van der Waals surface area (Å²) in [6.07, 6.45) is 3.91. The number of aryl methyl sites for hydroxylation is 1. The van der Waals surface area contributed by atoms with Gasteiger partial charge in [0.25, 0.3) is 0 Å². The van der Waals surface area contributed by atoms with E-state index >= 15 is 0 Å². The number of nitrogens with zero attached hydrogens (tertiary/aromatic N) is 1. The Balaban J connectivity index is 3.00. The van der Waals surface area contributed by atoms with Gasteiger partial charge in [-0.25, -0.2) is 0 Å². The molecule has 2 N–H and O–H groups in total. The van der Waals surface area contributed by atoms with Crippen LogP contribution in [0.4, 0.5) is 5.69 Å². The average molecular weight is 150 g/mol. The molecule has 0 aliphatic rings. The summed E-state index contributed by atoms with van der Waals surface area (Å²) in [6.45, 7) is 4.15. The molecule has 0 spiro atoms. The van der Waals surface area contributed by atoms with Crippen LogP contribution in [0.25, 0.3) is 0 Å². The number of aromatic nitrogens is 1. The lowest BCUT2D eigenvalue weighted by Gasteiger charge is -2.05. The highest BCUT2D eigenvalue weighted by molar-refractivity contribution is 5.47. The molecule has 1 rings (SSSR count). The van der Waals surface area contributed by atoms with Crippen LogP contribution in [-0.2, 0) is 6.42 Å². The van der Waals surface area contributed by atoms with Crippen LogP contribution in [0.5, 0.6) is 0 Å². The topological polar surface area (TPSA) is 38.9 Å². The van der Waals surface area contributed by atoms with Crippen molar-refractivity contribution in [1.82, 2.24) is 4.98 Å². The van der Waals surface area contributed by atoms with Crippen LogP contribution >= 0.6 is 0 Å². The summed E-state index contributed by atoms with van der Waals surface area (Å²) in [5.74, 6) is 0. The summed E-state index contributed by atoms with van der Waals surface area (Å²) in [5, 5.41) is 0. The first-order chi connectivity index (χ1) is 5.25. The van der Waals surface area contributed by atoms with Gasteiger partial charge < -0.3 is 5.73 Å². The molecule has 1 heterocycles. The Bertz CT molecular complexity index is 223. The molecular formula is C9H14N2. The lowest BCUT2D eigenvalue weighted by atomic mass is 10.1. The molecule has 0 saturated carbocycles. The second kappa shape index (κ2) is 3.37. The van der Waals surface area contributed by atoms with E-state index in [4.69, 9.17) is 5.73 Å². The van der Waals surface area contributed by atoms with Crippen molar-refractivity contribution in [3.63, 3.8) is 0 Å². The summed E-state index contributed by atoms with van der Waals surface area (Å²) in [4.78, 5) is 4.18. The lowest BCUT2D eigenvalue weighted by Crippen LogP contribution is -1.98. The Morgan fingerprint density at radius 3 is 2.82 bits per heavy atom. The SMILES string of the molecule is CCCc1c(N)ccnc1C. The minimum Gasteiger partial charge on any atom is -0.398 e. The van der Waals surface area contributed by atoms with E-state index in [1.54, 1.807) is 6.20 Å². The molecule has 2 heteroatoms. The van der Waals surface area contributed by atoms with Gasteiger partial charge in [0, 0.05) is 17.6 Å². The van der Waals surface area contributed by atoms with Crippen molar-refractivity contribution >= 4 is 5.69 Å². The highest BCUT2D eigenvalue weighted by atomic mass is 14.7. The van der Waals surface area contributed by atoms with Crippen LogP contribution in [0.3, 0.4) is 0 Å². The third-order valence-electron chi connectivity index (χ3n) is 1.81. The number of nitrogen functional groups attached to an aromatic ring is 1. The third kappa shape index (κ3) is 1.70. The van der Waals surface area contributed by atoms with E-state index in [1.165, 1.54) is 5.56 Å². The van der Waals surface area contributed by atoms with Crippen molar-refractivity contribution in [2.45, 2.75) is 26.7 Å². The number of pyridine rings is 1. The van der Waals surface area contributed by atoms with Gasteiger partial charge in [-0.3, -0.25) is 4.98 Å². The van der Waals surface area contributed by atoms with E-state index in [-0.39, 0.29) is 0 Å². The number of nitrogens with two attached hydrogens (primary N) is 1. The Hall–Kier alpha value is -1.05. The minimum absolute atomic E-state index is 0.874. The standard InChI is InChI=1S/C9H14N2/c1-3-4-8-7(2)11-6-5-9(8)10/h5-6H,3-4H2,1-2H3,(H2,10,11). The molecule has 0 atom stereocenters. The zero-order valence-corrected chi connectivity index (χ0v) is 7.09. The molecule has 0 amide bonds. The Kier molecular flexibility index (Phi) is 2.47. The summed E-state index contributed by atoms with van der Waals surface area (Å²) < 4.78 is 0. The number of hydrogen-bond acceptors (Lipinski definition) is 2. The highest BCUT2D eigenvalue weighted by Gasteiger charge is 2.00. The molecule has 0 radical (unpaired) electrons. The van der Waals surface area contributed by atoms with E-state index < -0.39 is 0 Å². The first-order valence-electron chi connectivity index (χ1n) is 3.95. The fourth-order valence-electron chi connectivity index (χ4n) is 1.19. The summed E-state index contributed by atoms with van der Waals surface area (Å²) in [7, 11) is 0. The van der Waals surface area contributed by atoms with Crippen LogP contribution in [0, 0.1) is 6.92 Å². The molecule has 1 aromatic heterocycles. The molecule has 0 fully saturated rings. The smallest absolute Gasteiger partial charge is 0.0425 e. The number of rotatable bonds is 2. The van der Waals surface area contributed by atoms with Gasteiger partial charge in [0.1, 0.15) is 0 Å². The first kappa shape index (κ1) is 8.05. The Morgan fingerprint density at radius 1 is 1.55 bits per heavy atom. The van der Waals surface area contributed by atoms with E-state index in [9.17, 15) is 0 Å². The van der Waals surface area contributed by atoms with Crippen LogP contribution < -0.4 is 5.73 Å². The zero-order valence-electron chi connectivity index (χ0n) is 7.09. The van der Waals surface area contributed by atoms with Crippen LogP contribution in [0.15, 0.2) is 12.3 Å². The second-order valence-electron chi connectivity index (χ2n) is 2.71. The van der Waals surface area contributed by atoms with Gasteiger partial charge in [0.05, 0.1) is 0 Å². The Morgan fingerprint density at radius 2 is 2.27 bits per heavy atom. The second-order valence-corrected chi connectivity index (χ2v) is 2.71. The van der Waals surface area contributed by atoms with Gasteiger partial charge in [-0.2, -0.15) is 0 Å². The fourth-order valence-corrected chi connectivity index (χ4v) is 1.19. The summed E-state index contributed by atoms with van der Waals surface area (Å²) in [5.41, 5.74) is 8.91. The van der Waals surface area contributed by atoms with Crippen molar-refractivity contribution in [1.29, 1.82) is 0 Å². The van der Waals surface area contributed by atoms with Gasteiger partial charge >= 0.3 is 0 Å². The monoisotopic (exact) mass is 150 g/mol. The van der Waals surface area contributed by atoms with E-state index in [0.717, 1.165) is 24.2 Å². The van der Waals surface area contributed by atoms with Gasteiger partial charge in [-0.15, -0.1) is 0 Å². The minimum atomic E-state index is 0.874. The molecule has 0 aliphatic heterocycles. The molecule has 2 nitrogen and oxygen atoms in total. The van der Waals surface area contributed by atoms with Crippen LogP contribution in [0.1, 0.15) is 24.6 Å². The maximum Gasteiger partial charge on any atom is 0.0425 e. The van der Waals surface area contributed by atoms with Gasteiger partial charge in [-0.1, -0.05) is 13.3 Å². The first-order valence-corrected chi connectivity index (χ1v) is 3.95. The van der Waals surface area contributed by atoms with Crippen molar-refractivity contribution in [3.8, 4) is 0 Å². The maximum atomic E-state index is 5.77. The molecule has 0 saturated heterocycles. The fraction of sp³-hybridized carbons (Fsp3) is 0.444. The summed E-state index contributed by atoms with van der Waals surface area (Å²) >= 11 is 0. The highest BCUT2D eigenvalue weighted by Crippen LogP contribution is 2.15. The Labute approximate surface area is 67.5 Å². The largest absolute Gasteiger partial charge is 0.398 e. The predicted molar refractivity (Wildman–Crippen MR) is 47.4 cm³/mol.